The molecule has 7 heteroatoms. The summed E-state index contributed by atoms with van der Waals surface area (Å²) in [5.41, 5.74) is -0.669. The Kier molecular flexibility index (Phi) is 4.86. The number of hydrogen-bond donors (Lipinski definition) is 3. The van der Waals surface area contributed by atoms with Crippen LogP contribution in [0.15, 0.2) is 12.1 Å². The Hall–Kier alpha value is -1.73. The molecule has 1 saturated heterocycles. The number of carboxylic acid groups (broad SMARTS) is 1. The van der Waals surface area contributed by atoms with Crippen molar-refractivity contribution in [2.24, 2.45) is 0 Å². The van der Waals surface area contributed by atoms with Gasteiger partial charge in [0.2, 0.25) is 0 Å². The molecule has 1 heterocycles. The Morgan fingerprint density at radius 1 is 1.30 bits per heavy atom. The number of nitrogens with zero attached hydrogens (tertiary/aromatic N) is 1. The van der Waals surface area contributed by atoms with Crippen molar-refractivity contribution < 1.29 is 18.7 Å². The van der Waals surface area contributed by atoms with Gasteiger partial charge < -0.3 is 15.7 Å². The summed E-state index contributed by atoms with van der Waals surface area (Å²) >= 11 is 0. The maximum absolute atomic E-state index is 13.7. The number of hydrogen-bond acceptors (Lipinski definition) is 4. The second-order valence-corrected chi connectivity index (χ2v) is 4.61. The Morgan fingerprint density at radius 3 is 2.65 bits per heavy atom. The van der Waals surface area contributed by atoms with Crippen molar-refractivity contribution in [2.75, 3.05) is 44.6 Å². The summed E-state index contributed by atoms with van der Waals surface area (Å²) in [6, 6.07) is 2.31. The number of carboxylic acids is 1. The maximum atomic E-state index is 13.7. The Labute approximate surface area is 115 Å². The molecule has 0 aliphatic carbocycles. The lowest BCUT2D eigenvalue weighted by molar-refractivity contribution is 0.0690. The van der Waals surface area contributed by atoms with Crippen molar-refractivity contribution in [3.05, 3.63) is 29.3 Å². The van der Waals surface area contributed by atoms with Crippen molar-refractivity contribution in [3.63, 3.8) is 0 Å². The van der Waals surface area contributed by atoms with Gasteiger partial charge in [0.05, 0.1) is 11.3 Å². The van der Waals surface area contributed by atoms with Gasteiger partial charge in [-0.3, -0.25) is 4.90 Å². The zero-order valence-electron chi connectivity index (χ0n) is 11.0. The molecular weight excluding hydrogens is 268 g/mol. The van der Waals surface area contributed by atoms with Gasteiger partial charge in [-0.15, -0.1) is 0 Å². The van der Waals surface area contributed by atoms with Crippen LogP contribution in [0.5, 0.6) is 0 Å². The summed E-state index contributed by atoms with van der Waals surface area (Å²) in [5.74, 6) is -3.95. The van der Waals surface area contributed by atoms with Gasteiger partial charge >= 0.3 is 5.97 Å². The molecule has 20 heavy (non-hydrogen) atoms. The van der Waals surface area contributed by atoms with Gasteiger partial charge in [0.25, 0.3) is 0 Å². The highest BCUT2D eigenvalue weighted by Crippen LogP contribution is 2.20. The smallest absolute Gasteiger partial charge is 0.338 e. The third-order valence-electron chi connectivity index (χ3n) is 3.27. The van der Waals surface area contributed by atoms with E-state index in [1.807, 2.05) is 0 Å². The number of nitrogens with one attached hydrogen (secondary N) is 2. The molecule has 0 aromatic heterocycles. The summed E-state index contributed by atoms with van der Waals surface area (Å²) in [7, 11) is 0. The van der Waals surface area contributed by atoms with Gasteiger partial charge in [0.1, 0.15) is 0 Å². The van der Waals surface area contributed by atoms with Crippen molar-refractivity contribution in [3.8, 4) is 0 Å². The number of rotatable bonds is 5. The molecule has 1 fully saturated rings. The van der Waals surface area contributed by atoms with E-state index in [4.69, 9.17) is 5.11 Å². The lowest BCUT2D eigenvalue weighted by Gasteiger charge is -2.27. The highest BCUT2D eigenvalue weighted by Gasteiger charge is 2.18. The molecule has 0 amide bonds. The van der Waals surface area contributed by atoms with Crippen LogP contribution in [-0.4, -0.2) is 55.2 Å². The fraction of sp³-hybridized carbons (Fsp3) is 0.462. The average molecular weight is 285 g/mol. The van der Waals surface area contributed by atoms with Gasteiger partial charge in [-0.25, -0.2) is 13.6 Å². The third-order valence-corrected chi connectivity index (χ3v) is 3.27. The number of benzene rings is 1. The van der Waals surface area contributed by atoms with Crippen molar-refractivity contribution >= 4 is 11.7 Å². The zero-order valence-corrected chi connectivity index (χ0v) is 11.0. The first-order valence-corrected chi connectivity index (χ1v) is 6.48. The predicted octanol–water partition coefficient (Wildman–Crippen LogP) is 0.980. The predicted molar refractivity (Wildman–Crippen MR) is 71.1 cm³/mol. The first kappa shape index (κ1) is 14.7. The summed E-state index contributed by atoms with van der Waals surface area (Å²) in [6.07, 6.45) is 0. The number of carbonyl (C=O) groups is 1. The van der Waals surface area contributed by atoms with Crippen molar-refractivity contribution in [1.29, 1.82) is 0 Å². The lowest BCUT2D eigenvalue weighted by Crippen LogP contribution is -2.45. The van der Waals surface area contributed by atoms with Crippen LogP contribution in [0.3, 0.4) is 0 Å². The van der Waals surface area contributed by atoms with Crippen molar-refractivity contribution in [2.45, 2.75) is 0 Å². The molecule has 1 aliphatic heterocycles. The first-order chi connectivity index (χ1) is 9.59. The molecule has 2 rings (SSSR count). The molecular formula is C13H17F2N3O2. The number of aromatic carboxylic acids is 1. The van der Waals surface area contributed by atoms with Crippen LogP contribution in [-0.2, 0) is 0 Å². The van der Waals surface area contributed by atoms with E-state index in [1.165, 1.54) is 6.07 Å². The molecule has 1 aliphatic rings. The summed E-state index contributed by atoms with van der Waals surface area (Å²) in [5, 5.41) is 14.7. The van der Waals surface area contributed by atoms with E-state index in [1.54, 1.807) is 0 Å². The van der Waals surface area contributed by atoms with Crippen LogP contribution < -0.4 is 10.6 Å². The van der Waals surface area contributed by atoms with Gasteiger partial charge in [-0.2, -0.15) is 0 Å². The molecule has 0 atom stereocenters. The van der Waals surface area contributed by atoms with Crippen LogP contribution in [0.2, 0.25) is 0 Å². The SMILES string of the molecule is O=C(O)c1ccc(NCCN2CCNCC2)c(F)c1F. The fourth-order valence-electron chi connectivity index (χ4n) is 2.13. The van der Waals surface area contributed by atoms with Gasteiger partial charge in [-0.05, 0) is 12.1 Å². The molecule has 0 bridgehead atoms. The Bertz CT molecular complexity index is 491. The lowest BCUT2D eigenvalue weighted by atomic mass is 10.2. The van der Waals surface area contributed by atoms with Crippen LogP contribution in [0.25, 0.3) is 0 Å². The van der Waals surface area contributed by atoms with Crippen LogP contribution in [0.1, 0.15) is 10.4 Å². The molecule has 5 nitrogen and oxygen atoms in total. The Morgan fingerprint density at radius 2 is 2.00 bits per heavy atom. The van der Waals surface area contributed by atoms with E-state index < -0.39 is 23.2 Å². The minimum atomic E-state index is -1.48. The zero-order chi connectivity index (χ0) is 14.5. The summed E-state index contributed by atoms with van der Waals surface area (Å²) in [6.45, 7) is 4.91. The summed E-state index contributed by atoms with van der Waals surface area (Å²) < 4.78 is 27.1. The molecule has 1 aromatic rings. The van der Waals surface area contributed by atoms with Crippen molar-refractivity contribution in [1.82, 2.24) is 10.2 Å². The second kappa shape index (κ2) is 6.62. The van der Waals surface area contributed by atoms with Gasteiger partial charge in [-0.1, -0.05) is 0 Å². The number of piperazine rings is 1. The largest absolute Gasteiger partial charge is 0.478 e. The average Bonchev–Trinajstić information content (AvgIpc) is 2.44. The fourth-order valence-corrected chi connectivity index (χ4v) is 2.13. The molecule has 3 N–H and O–H groups in total. The molecule has 0 spiro atoms. The van der Waals surface area contributed by atoms with Gasteiger partial charge in [0, 0.05) is 39.3 Å². The first-order valence-electron chi connectivity index (χ1n) is 6.48. The standard InChI is InChI=1S/C13H17F2N3O2/c14-11-9(13(19)20)1-2-10(12(11)15)17-5-8-18-6-3-16-4-7-18/h1-2,16-17H,3-8H2,(H,19,20). The third kappa shape index (κ3) is 3.43. The highest BCUT2D eigenvalue weighted by atomic mass is 19.2. The van der Waals surface area contributed by atoms with E-state index in [9.17, 15) is 13.6 Å². The van der Waals surface area contributed by atoms with Crippen LogP contribution in [0.4, 0.5) is 14.5 Å². The Balaban J connectivity index is 1.92. The van der Waals surface area contributed by atoms with E-state index in [-0.39, 0.29) is 5.69 Å². The van der Waals surface area contributed by atoms with Crippen LogP contribution >= 0.6 is 0 Å². The topological polar surface area (TPSA) is 64.6 Å². The van der Waals surface area contributed by atoms with E-state index >= 15 is 0 Å². The minimum Gasteiger partial charge on any atom is -0.478 e. The summed E-state index contributed by atoms with van der Waals surface area (Å²) in [4.78, 5) is 12.9. The van der Waals surface area contributed by atoms with E-state index in [2.05, 4.69) is 15.5 Å². The quantitative estimate of drug-likeness (QED) is 0.752. The molecule has 0 radical (unpaired) electrons. The number of anilines is 1. The van der Waals surface area contributed by atoms with E-state index in [0.717, 1.165) is 38.8 Å². The molecule has 0 saturated carbocycles. The van der Waals surface area contributed by atoms with Gasteiger partial charge in [0.15, 0.2) is 11.6 Å². The number of halogens is 2. The second-order valence-electron chi connectivity index (χ2n) is 4.61. The van der Waals surface area contributed by atoms with Crippen LogP contribution in [0, 0.1) is 11.6 Å². The molecule has 110 valence electrons. The molecule has 1 aromatic carbocycles. The minimum absolute atomic E-state index is 0.0114. The molecule has 0 unspecified atom stereocenters. The van der Waals surface area contributed by atoms with E-state index in [0.29, 0.717) is 6.54 Å². The normalized spacial score (nSPS) is 16.1. The highest BCUT2D eigenvalue weighted by molar-refractivity contribution is 5.88. The maximum Gasteiger partial charge on any atom is 0.338 e. The monoisotopic (exact) mass is 285 g/mol.